The molecule has 1 atom stereocenters. The normalized spacial score (nSPS) is 15.8. The lowest BCUT2D eigenvalue weighted by Crippen LogP contribution is -2.45. The molecule has 4 aromatic rings. The van der Waals surface area contributed by atoms with Crippen LogP contribution in [0.3, 0.4) is 0 Å². The second-order valence-electron chi connectivity index (χ2n) is 8.93. The van der Waals surface area contributed by atoms with Crippen molar-refractivity contribution in [1.29, 1.82) is 10.5 Å². The van der Waals surface area contributed by atoms with Crippen LogP contribution in [-0.2, 0) is 29.5 Å². The summed E-state index contributed by atoms with van der Waals surface area (Å²) in [6.45, 7) is 1.02. The molecule has 37 heavy (non-hydrogen) atoms. The van der Waals surface area contributed by atoms with E-state index in [4.69, 9.17) is 5.26 Å². The van der Waals surface area contributed by atoms with Gasteiger partial charge in [-0.1, -0.05) is 30.3 Å². The first-order valence-corrected chi connectivity index (χ1v) is 13.2. The maximum Gasteiger partial charge on any atom is 0.243 e. The third-order valence-corrected chi connectivity index (χ3v) is 8.44. The van der Waals surface area contributed by atoms with Gasteiger partial charge in [-0.25, -0.2) is 13.4 Å². The van der Waals surface area contributed by atoms with Gasteiger partial charge in [-0.05, 0) is 60.0 Å². The Morgan fingerprint density at radius 2 is 1.70 bits per heavy atom. The van der Waals surface area contributed by atoms with Gasteiger partial charge >= 0.3 is 0 Å². The molecule has 0 spiro atoms. The number of anilines is 1. The number of aromatic nitrogens is 2. The molecule has 0 fully saturated rings. The van der Waals surface area contributed by atoms with E-state index in [0.717, 1.165) is 22.5 Å². The minimum Gasteiger partial charge on any atom is -0.364 e. The van der Waals surface area contributed by atoms with E-state index in [0.29, 0.717) is 30.6 Å². The van der Waals surface area contributed by atoms with Crippen LogP contribution in [0.2, 0.25) is 0 Å². The SMILES string of the molecule is N#Cc1ccc(S(=O)(=O)N2Cc3cc(C#N)ccc3N(Cc3c[nH]cn3)CC2Cc2ccccc2)cc1. The number of nitrogens with one attached hydrogen (secondary N) is 1. The highest BCUT2D eigenvalue weighted by atomic mass is 32.2. The number of fused-ring (bicyclic) bond motifs is 1. The fraction of sp³-hybridized carbons (Fsp3) is 0.179. The van der Waals surface area contributed by atoms with Crippen molar-refractivity contribution in [1.82, 2.24) is 14.3 Å². The summed E-state index contributed by atoms with van der Waals surface area (Å²) in [6.07, 6.45) is 3.95. The maximum atomic E-state index is 14.1. The van der Waals surface area contributed by atoms with Crippen LogP contribution in [0.15, 0.2) is 90.2 Å². The maximum absolute atomic E-state index is 14.1. The molecule has 0 saturated carbocycles. The Morgan fingerprint density at radius 3 is 2.38 bits per heavy atom. The molecule has 0 radical (unpaired) electrons. The Bertz CT molecular complexity index is 1570. The van der Waals surface area contributed by atoms with E-state index in [1.165, 1.54) is 28.6 Å². The highest BCUT2D eigenvalue weighted by molar-refractivity contribution is 7.89. The first-order valence-electron chi connectivity index (χ1n) is 11.8. The number of nitrogens with zero attached hydrogens (tertiary/aromatic N) is 5. The summed E-state index contributed by atoms with van der Waals surface area (Å²) in [4.78, 5) is 9.62. The van der Waals surface area contributed by atoms with E-state index in [-0.39, 0.29) is 11.4 Å². The second-order valence-corrected chi connectivity index (χ2v) is 10.8. The number of sulfonamides is 1. The Labute approximate surface area is 216 Å². The van der Waals surface area contributed by atoms with E-state index in [1.807, 2.05) is 48.7 Å². The van der Waals surface area contributed by atoms with Gasteiger partial charge in [0.2, 0.25) is 10.0 Å². The Morgan fingerprint density at radius 1 is 0.973 bits per heavy atom. The molecule has 1 N–H and O–H groups in total. The smallest absolute Gasteiger partial charge is 0.243 e. The van der Waals surface area contributed by atoms with E-state index in [1.54, 1.807) is 18.5 Å². The summed E-state index contributed by atoms with van der Waals surface area (Å²) in [7, 11) is -3.93. The number of benzene rings is 3. The minimum absolute atomic E-state index is 0.113. The van der Waals surface area contributed by atoms with Crippen molar-refractivity contribution in [2.24, 2.45) is 0 Å². The summed E-state index contributed by atoms with van der Waals surface area (Å²) in [5.41, 5.74) is 4.34. The quantitative estimate of drug-likeness (QED) is 0.421. The number of hydrogen-bond acceptors (Lipinski definition) is 6. The molecule has 1 aliphatic heterocycles. The van der Waals surface area contributed by atoms with Gasteiger partial charge < -0.3 is 9.88 Å². The largest absolute Gasteiger partial charge is 0.364 e. The van der Waals surface area contributed by atoms with Crippen molar-refractivity contribution in [3.05, 3.63) is 113 Å². The van der Waals surface area contributed by atoms with Crippen molar-refractivity contribution in [2.75, 3.05) is 11.4 Å². The van der Waals surface area contributed by atoms with Gasteiger partial charge in [-0.15, -0.1) is 0 Å². The molecule has 0 bridgehead atoms. The molecule has 5 rings (SSSR count). The molecule has 1 aromatic heterocycles. The summed E-state index contributed by atoms with van der Waals surface area (Å²) < 4.78 is 29.7. The molecular formula is C28H24N6O2S. The van der Waals surface area contributed by atoms with Gasteiger partial charge in [0.25, 0.3) is 0 Å². The number of H-pyrrole nitrogens is 1. The van der Waals surface area contributed by atoms with E-state index < -0.39 is 16.1 Å². The van der Waals surface area contributed by atoms with Gasteiger partial charge in [0.1, 0.15) is 0 Å². The zero-order valence-electron chi connectivity index (χ0n) is 19.9. The molecule has 9 heteroatoms. The minimum atomic E-state index is -3.93. The third-order valence-electron chi connectivity index (χ3n) is 6.53. The van der Waals surface area contributed by atoms with Crippen molar-refractivity contribution in [2.45, 2.75) is 30.4 Å². The van der Waals surface area contributed by atoms with E-state index in [9.17, 15) is 13.7 Å². The average Bonchev–Trinajstić information content (AvgIpc) is 3.39. The van der Waals surface area contributed by atoms with Crippen LogP contribution in [0.4, 0.5) is 5.69 Å². The van der Waals surface area contributed by atoms with Gasteiger partial charge in [0.15, 0.2) is 0 Å². The number of rotatable bonds is 6. The molecule has 2 heterocycles. The molecule has 0 aliphatic carbocycles. The zero-order valence-corrected chi connectivity index (χ0v) is 20.8. The summed E-state index contributed by atoms with van der Waals surface area (Å²) in [5, 5.41) is 18.7. The van der Waals surface area contributed by atoms with Crippen LogP contribution in [0.5, 0.6) is 0 Å². The number of nitriles is 2. The van der Waals surface area contributed by atoms with Crippen molar-refractivity contribution >= 4 is 15.7 Å². The number of hydrogen-bond donors (Lipinski definition) is 1. The summed E-state index contributed by atoms with van der Waals surface area (Å²) >= 11 is 0. The van der Waals surface area contributed by atoms with Gasteiger partial charge in [-0.2, -0.15) is 14.8 Å². The van der Waals surface area contributed by atoms with Crippen LogP contribution < -0.4 is 4.90 Å². The second kappa shape index (κ2) is 10.3. The van der Waals surface area contributed by atoms with E-state index in [2.05, 4.69) is 20.9 Å². The molecule has 0 amide bonds. The standard InChI is InChI=1S/C28H24N6O2S/c29-14-22-6-9-27(10-7-22)37(35,36)34-17-24-12-23(15-30)8-11-28(24)33(18-25-16-31-20-32-25)19-26(34)13-21-4-2-1-3-5-21/h1-12,16,20,26H,13,17-19H2,(H,31,32). The van der Waals surface area contributed by atoms with Crippen LogP contribution in [0.25, 0.3) is 0 Å². The lowest BCUT2D eigenvalue weighted by Gasteiger charge is -2.32. The van der Waals surface area contributed by atoms with Crippen molar-refractivity contribution in [3.63, 3.8) is 0 Å². The van der Waals surface area contributed by atoms with Crippen molar-refractivity contribution in [3.8, 4) is 12.1 Å². The first-order chi connectivity index (χ1) is 18.0. The fourth-order valence-electron chi connectivity index (χ4n) is 4.72. The molecular weight excluding hydrogens is 484 g/mol. The topological polar surface area (TPSA) is 117 Å². The van der Waals surface area contributed by atoms with Crippen LogP contribution in [-0.4, -0.2) is 35.3 Å². The van der Waals surface area contributed by atoms with Gasteiger partial charge in [0.05, 0.1) is 46.7 Å². The van der Waals surface area contributed by atoms with Crippen LogP contribution in [0, 0.1) is 22.7 Å². The molecule has 184 valence electrons. The molecule has 0 saturated heterocycles. The van der Waals surface area contributed by atoms with E-state index >= 15 is 0 Å². The van der Waals surface area contributed by atoms with Crippen molar-refractivity contribution < 1.29 is 8.42 Å². The van der Waals surface area contributed by atoms with Crippen LogP contribution >= 0.6 is 0 Å². The zero-order chi connectivity index (χ0) is 25.8. The Kier molecular flexibility index (Phi) is 6.74. The predicted octanol–water partition coefficient (Wildman–Crippen LogP) is 3.98. The molecule has 1 aliphatic rings. The first kappa shape index (κ1) is 24.3. The third kappa shape index (κ3) is 5.10. The number of imidazole rings is 1. The Balaban J connectivity index is 1.62. The fourth-order valence-corrected chi connectivity index (χ4v) is 6.32. The predicted molar refractivity (Wildman–Crippen MR) is 139 cm³/mol. The number of aromatic amines is 1. The van der Waals surface area contributed by atoms with Gasteiger partial charge in [-0.3, -0.25) is 0 Å². The molecule has 3 aromatic carbocycles. The van der Waals surface area contributed by atoms with Gasteiger partial charge in [0, 0.05) is 31.0 Å². The highest BCUT2D eigenvalue weighted by Gasteiger charge is 2.36. The summed E-state index contributed by atoms with van der Waals surface area (Å²) in [5.74, 6) is 0. The monoisotopic (exact) mass is 508 g/mol. The highest BCUT2D eigenvalue weighted by Crippen LogP contribution is 2.33. The molecule has 1 unspecified atom stereocenters. The molecule has 8 nitrogen and oxygen atoms in total. The summed E-state index contributed by atoms with van der Waals surface area (Å²) in [6, 6.07) is 25.0. The lowest BCUT2D eigenvalue weighted by molar-refractivity contribution is 0.318. The lowest BCUT2D eigenvalue weighted by atomic mass is 10.1. The van der Waals surface area contributed by atoms with Crippen LogP contribution in [0.1, 0.15) is 27.9 Å². The average molecular weight is 509 g/mol. The Hall–Kier alpha value is -4.44.